The van der Waals surface area contributed by atoms with Crippen molar-refractivity contribution >= 4 is 0 Å². The van der Waals surface area contributed by atoms with Gasteiger partial charge in [-0.3, -0.25) is 0 Å². The molecule has 1 heterocycles. The lowest BCUT2D eigenvalue weighted by atomic mass is 10.1. The first-order chi connectivity index (χ1) is 9.72. The van der Waals surface area contributed by atoms with Gasteiger partial charge in [0.1, 0.15) is 6.10 Å². The van der Waals surface area contributed by atoms with Gasteiger partial charge in [-0.05, 0) is 50.4 Å². The second-order valence-electron chi connectivity index (χ2n) is 5.43. The Balaban J connectivity index is 1.99. The van der Waals surface area contributed by atoms with Crippen LogP contribution in [0.3, 0.4) is 0 Å². The number of aryl methyl sites for hydroxylation is 1. The van der Waals surface area contributed by atoms with Crippen molar-refractivity contribution in [2.45, 2.75) is 31.8 Å². The molecule has 0 aliphatic carbocycles. The number of methoxy groups -OCH3 is 1. The molecule has 2 rings (SSSR count). The monoisotopic (exact) mass is 279 g/mol. The summed E-state index contributed by atoms with van der Waals surface area (Å²) in [5.74, 6) is 1.62. The number of hydrogen-bond donors (Lipinski definition) is 1. The quantitative estimate of drug-likeness (QED) is 0.866. The van der Waals surface area contributed by atoms with Gasteiger partial charge in [-0.2, -0.15) is 0 Å². The Morgan fingerprint density at radius 1 is 1.25 bits per heavy atom. The molecule has 0 unspecified atom stereocenters. The van der Waals surface area contributed by atoms with Crippen molar-refractivity contribution in [1.82, 2.24) is 4.90 Å². The Bertz CT molecular complexity index is 414. The maximum atomic E-state index is 8.89. The van der Waals surface area contributed by atoms with E-state index < -0.39 is 0 Å². The Labute approximate surface area is 121 Å². The van der Waals surface area contributed by atoms with Gasteiger partial charge in [0.25, 0.3) is 0 Å². The molecule has 1 fully saturated rings. The zero-order chi connectivity index (χ0) is 14.4. The van der Waals surface area contributed by atoms with E-state index in [1.807, 2.05) is 12.1 Å². The lowest BCUT2D eigenvalue weighted by Gasteiger charge is -2.29. The van der Waals surface area contributed by atoms with E-state index in [9.17, 15) is 0 Å². The second kappa shape index (κ2) is 7.50. The summed E-state index contributed by atoms with van der Waals surface area (Å²) in [4.78, 5) is 2.33. The van der Waals surface area contributed by atoms with Gasteiger partial charge in [0.2, 0.25) is 0 Å². The molecule has 1 aromatic carbocycles. The largest absolute Gasteiger partial charge is 0.493 e. The maximum absolute atomic E-state index is 8.89. The summed E-state index contributed by atoms with van der Waals surface area (Å²) in [5.41, 5.74) is 1.17. The summed E-state index contributed by atoms with van der Waals surface area (Å²) in [7, 11) is 3.82. The summed E-state index contributed by atoms with van der Waals surface area (Å²) in [6.45, 7) is 2.39. The minimum Gasteiger partial charge on any atom is -0.493 e. The van der Waals surface area contributed by atoms with Crippen LogP contribution in [0.25, 0.3) is 0 Å². The van der Waals surface area contributed by atoms with Crippen molar-refractivity contribution in [1.29, 1.82) is 0 Å². The van der Waals surface area contributed by atoms with E-state index in [-0.39, 0.29) is 12.7 Å². The topological polar surface area (TPSA) is 41.9 Å². The molecule has 4 nitrogen and oxygen atoms in total. The third kappa shape index (κ3) is 4.12. The minimum atomic E-state index is 0.218. The predicted molar refractivity (Wildman–Crippen MR) is 79.5 cm³/mol. The molecule has 1 N–H and O–H groups in total. The number of nitrogens with zero attached hydrogens (tertiary/aromatic N) is 1. The van der Waals surface area contributed by atoms with Crippen LogP contribution in [-0.4, -0.2) is 50.0 Å². The van der Waals surface area contributed by atoms with Crippen LogP contribution in [0.15, 0.2) is 18.2 Å². The van der Waals surface area contributed by atoms with Crippen LogP contribution in [0.4, 0.5) is 0 Å². The summed E-state index contributed by atoms with van der Waals surface area (Å²) in [5, 5.41) is 8.89. The highest BCUT2D eigenvalue weighted by atomic mass is 16.5. The fourth-order valence-corrected chi connectivity index (χ4v) is 2.53. The van der Waals surface area contributed by atoms with E-state index >= 15 is 0 Å². The molecule has 0 aromatic heterocycles. The Morgan fingerprint density at radius 3 is 2.65 bits per heavy atom. The average Bonchev–Trinajstić information content (AvgIpc) is 2.48. The van der Waals surface area contributed by atoms with E-state index in [0.717, 1.165) is 50.3 Å². The van der Waals surface area contributed by atoms with Crippen LogP contribution in [0.2, 0.25) is 0 Å². The Morgan fingerprint density at radius 2 is 2.00 bits per heavy atom. The van der Waals surface area contributed by atoms with Crippen LogP contribution in [0, 0.1) is 0 Å². The van der Waals surface area contributed by atoms with Gasteiger partial charge in [0.05, 0.1) is 7.11 Å². The average molecular weight is 279 g/mol. The number of benzene rings is 1. The third-order valence-corrected chi connectivity index (χ3v) is 3.81. The number of rotatable bonds is 6. The first kappa shape index (κ1) is 15.1. The lowest BCUT2D eigenvalue weighted by Crippen LogP contribution is -2.35. The Hall–Kier alpha value is -1.26. The second-order valence-corrected chi connectivity index (χ2v) is 5.43. The molecule has 20 heavy (non-hydrogen) atoms. The molecule has 4 heteroatoms. The van der Waals surface area contributed by atoms with Crippen molar-refractivity contribution in [2.75, 3.05) is 33.9 Å². The smallest absolute Gasteiger partial charge is 0.161 e. The van der Waals surface area contributed by atoms with Gasteiger partial charge in [-0.15, -0.1) is 0 Å². The third-order valence-electron chi connectivity index (χ3n) is 3.81. The lowest BCUT2D eigenvalue weighted by molar-refractivity contribution is 0.111. The molecule has 1 aliphatic heterocycles. The normalized spacial score (nSPS) is 17.1. The van der Waals surface area contributed by atoms with Gasteiger partial charge >= 0.3 is 0 Å². The number of hydrogen-bond acceptors (Lipinski definition) is 4. The molecule has 0 atom stereocenters. The molecule has 112 valence electrons. The van der Waals surface area contributed by atoms with Crippen molar-refractivity contribution in [3.05, 3.63) is 23.8 Å². The van der Waals surface area contributed by atoms with Gasteiger partial charge in [0, 0.05) is 19.7 Å². The zero-order valence-electron chi connectivity index (χ0n) is 12.5. The SMILES string of the molecule is COc1cc(CCCO)ccc1OC1CCN(C)CC1. The molecule has 0 bridgehead atoms. The van der Waals surface area contributed by atoms with Crippen molar-refractivity contribution < 1.29 is 14.6 Å². The standard InChI is InChI=1S/C16H25NO3/c1-17-9-7-14(8-10-17)20-15-6-5-13(4-3-11-18)12-16(15)19-2/h5-6,12,14,18H,3-4,7-11H2,1-2H3. The number of piperidine rings is 1. The highest BCUT2D eigenvalue weighted by Crippen LogP contribution is 2.30. The van der Waals surface area contributed by atoms with E-state index in [1.165, 1.54) is 5.56 Å². The van der Waals surface area contributed by atoms with Crippen LogP contribution in [0.5, 0.6) is 11.5 Å². The van der Waals surface area contributed by atoms with Crippen molar-refractivity contribution in [2.24, 2.45) is 0 Å². The first-order valence-electron chi connectivity index (χ1n) is 7.36. The molecule has 0 amide bonds. The fourth-order valence-electron chi connectivity index (χ4n) is 2.53. The van der Waals surface area contributed by atoms with Gasteiger partial charge in [-0.25, -0.2) is 0 Å². The number of likely N-dealkylation sites (tertiary alicyclic amines) is 1. The molecule has 1 saturated heterocycles. The summed E-state index contributed by atoms with van der Waals surface area (Å²) in [6, 6.07) is 6.06. The first-order valence-corrected chi connectivity index (χ1v) is 7.36. The van der Waals surface area contributed by atoms with E-state index in [0.29, 0.717) is 0 Å². The fraction of sp³-hybridized carbons (Fsp3) is 0.625. The highest BCUT2D eigenvalue weighted by Gasteiger charge is 2.19. The van der Waals surface area contributed by atoms with Crippen LogP contribution in [0.1, 0.15) is 24.8 Å². The number of ether oxygens (including phenoxy) is 2. The zero-order valence-corrected chi connectivity index (χ0v) is 12.5. The molecule has 1 aromatic rings. The van der Waals surface area contributed by atoms with Crippen molar-refractivity contribution in [3.63, 3.8) is 0 Å². The maximum Gasteiger partial charge on any atom is 0.161 e. The summed E-state index contributed by atoms with van der Waals surface area (Å²) in [6.07, 6.45) is 4.04. The highest BCUT2D eigenvalue weighted by molar-refractivity contribution is 5.43. The molecular formula is C16H25NO3. The van der Waals surface area contributed by atoms with Gasteiger partial charge in [0.15, 0.2) is 11.5 Å². The van der Waals surface area contributed by atoms with Crippen LogP contribution < -0.4 is 9.47 Å². The van der Waals surface area contributed by atoms with E-state index in [1.54, 1.807) is 7.11 Å². The van der Waals surface area contributed by atoms with Crippen LogP contribution >= 0.6 is 0 Å². The predicted octanol–water partition coefficient (Wildman–Crippen LogP) is 2.09. The van der Waals surface area contributed by atoms with Gasteiger partial charge < -0.3 is 19.5 Å². The number of aliphatic hydroxyl groups is 1. The molecular weight excluding hydrogens is 254 g/mol. The molecule has 0 saturated carbocycles. The molecule has 0 spiro atoms. The molecule has 1 aliphatic rings. The number of aliphatic hydroxyl groups excluding tert-OH is 1. The molecule has 0 radical (unpaired) electrons. The van der Waals surface area contributed by atoms with Crippen molar-refractivity contribution in [3.8, 4) is 11.5 Å². The van der Waals surface area contributed by atoms with Crippen LogP contribution in [-0.2, 0) is 6.42 Å². The Kier molecular flexibility index (Phi) is 5.68. The van der Waals surface area contributed by atoms with E-state index in [2.05, 4.69) is 18.0 Å². The summed E-state index contributed by atoms with van der Waals surface area (Å²) < 4.78 is 11.5. The minimum absolute atomic E-state index is 0.218. The van der Waals surface area contributed by atoms with Gasteiger partial charge in [-0.1, -0.05) is 6.07 Å². The van der Waals surface area contributed by atoms with E-state index in [4.69, 9.17) is 14.6 Å². The summed E-state index contributed by atoms with van der Waals surface area (Å²) >= 11 is 0.